The van der Waals surface area contributed by atoms with Crippen LogP contribution in [-0.2, 0) is 6.42 Å². The molecule has 7 heteroatoms. The van der Waals surface area contributed by atoms with E-state index in [1.54, 1.807) is 31.6 Å². The van der Waals surface area contributed by atoms with Gasteiger partial charge in [0.25, 0.3) is 0 Å². The zero-order valence-electron chi connectivity index (χ0n) is 13.4. The van der Waals surface area contributed by atoms with Gasteiger partial charge in [-0.15, -0.1) is 0 Å². The van der Waals surface area contributed by atoms with Crippen LogP contribution in [0.3, 0.4) is 0 Å². The molecule has 1 aliphatic heterocycles. The van der Waals surface area contributed by atoms with Crippen molar-refractivity contribution in [3.8, 4) is 0 Å². The molecule has 3 heterocycles. The quantitative estimate of drug-likeness (QED) is 0.877. The molecule has 0 saturated heterocycles. The molecule has 0 aliphatic carbocycles. The average molecular weight is 341 g/mol. The Labute approximate surface area is 145 Å². The summed E-state index contributed by atoms with van der Waals surface area (Å²) < 4.78 is 0. The van der Waals surface area contributed by atoms with Gasteiger partial charge in [-0.25, -0.2) is 9.98 Å². The van der Waals surface area contributed by atoms with E-state index in [4.69, 9.17) is 23.1 Å². The lowest BCUT2D eigenvalue weighted by Crippen LogP contribution is -2.17. The van der Waals surface area contributed by atoms with Gasteiger partial charge in [0.05, 0.1) is 22.6 Å². The van der Waals surface area contributed by atoms with Crippen molar-refractivity contribution in [2.75, 3.05) is 0 Å². The fourth-order valence-electron chi connectivity index (χ4n) is 2.42. The monoisotopic (exact) mass is 340 g/mol. The second kappa shape index (κ2) is 6.41. The largest absolute Gasteiger partial charge is 0.400 e. The number of allylic oxidation sites excluding steroid dienone is 1. The number of aromatic nitrogens is 2. The van der Waals surface area contributed by atoms with E-state index in [0.717, 1.165) is 17.7 Å². The summed E-state index contributed by atoms with van der Waals surface area (Å²) in [5.41, 5.74) is 16.6. The zero-order chi connectivity index (χ0) is 17.3. The van der Waals surface area contributed by atoms with Gasteiger partial charge in [-0.1, -0.05) is 18.5 Å². The number of amidine groups is 1. The molecule has 4 N–H and O–H groups in total. The molecular formula is C17H17ClN6. The van der Waals surface area contributed by atoms with Crippen LogP contribution in [0.15, 0.2) is 52.1 Å². The first-order valence-corrected chi connectivity index (χ1v) is 7.87. The number of halogens is 1. The molecule has 0 aromatic carbocycles. The van der Waals surface area contributed by atoms with E-state index < -0.39 is 0 Å². The highest BCUT2D eigenvalue weighted by molar-refractivity contribution is 6.36. The van der Waals surface area contributed by atoms with Crippen molar-refractivity contribution < 1.29 is 0 Å². The van der Waals surface area contributed by atoms with Gasteiger partial charge in [-0.2, -0.15) is 0 Å². The molecule has 1 aliphatic rings. The molecule has 0 atom stereocenters. The fourth-order valence-corrected chi connectivity index (χ4v) is 2.62. The maximum atomic E-state index is 6.36. The summed E-state index contributed by atoms with van der Waals surface area (Å²) in [7, 11) is 0. The second-order valence-corrected chi connectivity index (χ2v) is 5.80. The van der Waals surface area contributed by atoms with E-state index in [2.05, 4.69) is 20.0 Å². The van der Waals surface area contributed by atoms with Crippen LogP contribution >= 0.6 is 11.6 Å². The second-order valence-electron chi connectivity index (χ2n) is 5.39. The maximum Gasteiger partial charge on any atom is 0.151 e. The van der Waals surface area contributed by atoms with E-state index in [-0.39, 0.29) is 5.84 Å². The van der Waals surface area contributed by atoms with Gasteiger partial charge in [0, 0.05) is 34.9 Å². The van der Waals surface area contributed by atoms with E-state index >= 15 is 0 Å². The molecule has 2 aromatic rings. The molecule has 0 spiro atoms. The summed E-state index contributed by atoms with van der Waals surface area (Å²) in [6, 6.07) is 3.66. The predicted molar refractivity (Wildman–Crippen MR) is 96.7 cm³/mol. The van der Waals surface area contributed by atoms with Gasteiger partial charge in [0.15, 0.2) is 5.84 Å². The van der Waals surface area contributed by atoms with Crippen molar-refractivity contribution in [2.24, 2.45) is 21.5 Å². The van der Waals surface area contributed by atoms with Crippen LogP contribution in [0, 0.1) is 0 Å². The summed E-state index contributed by atoms with van der Waals surface area (Å²) in [4.78, 5) is 17.7. The van der Waals surface area contributed by atoms with E-state index in [1.807, 2.05) is 13.0 Å². The Morgan fingerprint density at radius 3 is 2.67 bits per heavy atom. The van der Waals surface area contributed by atoms with Crippen LogP contribution in [0.1, 0.15) is 30.7 Å². The minimum absolute atomic E-state index is 0.248. The number of rotatable bonds is 2. The summed E-state index contributed by atoms with van der Waals surface area (Å²) in [5, 5.41) is 0.541. The number of aryl methyl sites for hydroxylation is 1. The highest BCUT2D eigenvalue weighted by Crippen LogP contribution is 2.30. The lowest BCUT2D eigenvalue weighted by Gasteiger charge is -2.10. The fraction of sp³-hybridized carbons (Fsp3) is 0.176. The Balaban J connectivity index is 2.36. The number of hydrogen-bond donors (Lipinski definition) is 2. The number of fused-ring (bicyclic) bond motifs is 1. The molecule has 0 saturated carbocycles. The van der Waals surface area contributed by atoms with Crippen molar-refractivity contribution in [1.82, 2.24) is 9.97 Å². The topological polar surface area (TPSA) is 103 Å². The highest BCUT2D eigenvalue weighted by atomic mass is 35.5. The van der Waals surface area contributed by atoms with Gasteiger partial charge in [-0.05, 0) is 25.5 Å². The SMILES string of the molecule is CCc1cc2c(cn1)N=C(N)/C(=C(/C)N)N=C2c1cnccc1Cl. The van der Waals surface area contributed by atoms with Crippen LogP contribution in [-0.4, -0.2) is 21.5 Å². The Morgan fingerprint density at radius 2 is 2.00 bits per heavy atom. The number of nitrogens with zero attached hydrogens (tertiary/aromatic N) is 4. The first kappa shape index (κ1) is 16.1. The molecule has 2 aromatic heterocycles. The van der Waals surface area contributed by atoms with Crippen LogP contribution < -0.4 is 11.5 Å². The molecule has 0 amide bonds. The third kappa shape index (κ3) is 2.88. The average Bonchev–Trinajstić information content (AvgIpc) is 2.71. The van der Waals surface area contributed by atoms with Gasteiger partial charge in [-0.3, -0.25) is 9.97 Å². The van der Waals surface area contributed by atoms with Crippen LogP contribution in [0.2, 0.25) is 5.02 Å². The molecule has 0 bridgehead atoms. The van der Waals surface area contributed by atoms with Crippen molar-refractivity contribution in [1.29, 1.82) is 0 Å². The molecular weight excluding hydrogens is 324 g/mol. The Morgan fingerprint density at radius 1 is 1.21 bits per heavy atom. The van der Waals surface area contributed by atoms with E-state index in [9.17, 15) is 0 Å². The van der Waals surface area contributed by atoms with Gasteiger partial charge in [0.2, 0.25) is 0 Å². The van der Waals surface area contributed by atoms with Gasteiger partial charge < -0.3 is 11.5 Å². The minimum Gasteiger partial charge on any atom is -0.400 e. The third-order valence-electron chi connectivity index (χ3n) is 3.66. The predicted octanol–water partition coefficient (Wildman–Crippen LogP) is 2.72. The van der Waals surface area contributed by atoms with E-state index in [1.165, 1.54) is 0 Å². The van der Waals surface area contributed by atoms with E-state index in [0.29, 0.717) is 33.4 Å². The van der Waals surface area contributed by atoms with Crippen LogP contribution in [0.25, 0.3) is 0 Å². The lowest BCUT2D eigenvalue weighted by atomic mass is 10.0. The maximum absolute atomic E-state index is 6.36. The normalized spacial score (nSPS) is 16.0. The molecule has 24 heavy (non-hydrogen) atoms. The zero-order valence-corrected chi connectivity index (χ0v) is 14.2. The first-order valence-electron chi connectivity index (χ1n) is 7.50. The molecule has 6 nitrogen and oxygen atoms in total. The number of aliphatic imine (C=N–C) groups is 2. The summed E-state index contributed by atoms with van der Waals surface area (Å²) in [6.45, 7) is 3.77. The third-order valence-corrected chi connectivity index (χ3v) is 3.99. The summed E-state index contributed by atoms with van der Waals surface area (Å²) in [6.07, 6.45) is 5.78. The standard InChI is InChI=1S/C17H17ClN6/c1-3-10-6-11-14(8-22-10)23-17(20)15(9(2)19)24-16(11)12-7-21-5-4-13(12)18/h4-8H,3,19H2,1-2H3,(H2,20,23)/b15-9+. The number of hydrogen-bond acceptors (Lipinski definition) is 6. The van der Waals surface area contributed by atoms with Crippen LogP contribution in [0.5, 0.6) is 0 Å². The van der Waals surface area contributed by atoms with Crippen LogP contribution in [0.4, 0.5) is 5.69 Å². The molecule has 3 rings (SSSR count). The molecule has 122 valence electrons. The molecule has 0 fully saturated rings. The van der Waals surface area contributed by atoms with Crippen molar-refractivity contribution in [3.63, 3.8) is 0 Å². The Hall–Kier alpha value is -2.73. The minimum atomic E-state index is 0.248. The Bertz CT molecular complexity index is 894. The van der Waals surface area contributed by atoms with Gasteiger partial charge in [0.1, 0.15) is 5.70 Å². The lowest BCUT2D eigenvalue weighted by molar-refractivity contribution is 1.03. The summed E-state index contributed by atoms with van der Waals surface area (Å²) >= 11 is 6.36. The number of pyridine rings is 2. The molecule has 0 unspecified atom stereocenters. The van der Waals surface area contributed by atoms with Crippen molar-refractivity contribution >= 4 is 28.8 Å². The Kier molecular flexibility index (Phi) is 4.31. The van der Waals surface area contributed by atoms with Crippen molar-refractivity contribution in [3.05, 3.63) is 64.0 Å². The highest BCUT2D eigenvalue weighted by Gasteiger charge is 2.21. The summed E-state index contributed by atoms with van der Waals surface area (Å²) in [5.74, 6) is 0.248. The van der Waals surface area contributed by atoms with Crippen molar-refractivity contribution in [2.45, 2.75) is 20.3 Å². The molecule has 0 radical (unpaired) electrons. The first-order chi connectivity index (χ1) is 11.5. The van der Waals surface area contributed by atoms with Gasteiger partial charge >= 0.3 is 0 Å². The number of nitrogens with two attached hydrogens (primary N) is 2. The smallest absolute Gasteiger partial charge is 0.151 e.